The highest BCUT2D eigenvalue weighted by atomic mass is 32.1. The highest BCUT2D eigenvalue weighted by Crippen LogP contribution is 2.33. The standard InChI is InChI=1S/C14H16N2O2S2/c1-4-9-8(3)20-14(11(9)12(15)17)16-13(18)10-6-5-7(2)19-10/h5-6H,4H2,1-3H3,(H2,15,17)(H,16,18). The Labute approximate surface area is 125 Å². The van der Waals surface area contributed by atoms with E-state index in [1.165, 1.54) is 22.7 Å². The second-order valence-electron chi connectivity index (χ2n) is 4.42. The van der Waals surface area contributed by atoms with Gasteiger partial charge >= 0.3 is 0 Å². The summed E-state index contributed by atoms with van der Waals surface area (Å²) in [4.78, 5) is 26.5. The molecule has 106 valence electrons. The lowest BCUT2D eigenvalue weighted by atomic mass is 10.1. The van der Waals surface area contributed by atoms with Crippen LogP contribution in [0.25, 0.3) is 0 Å². The molecule has 0 fully saturated rings. The number of amides is 2. The van der Waals surface area contributed by atoms with Gasteiger partial charge in [0.05, 0.1) is 10.4 Å². The zero-order valence-corrected chi connectivity index (χ0v) is 13.2. The summed E-state index contributed by atoms with van der Waals surface area (Å²) in [6.45, 7) is 5.84. The Morgan fingerprint density at radius 2 is 1.95 bits per heavy atom. The molecule has 20 heavy (non-hydrogen) atoms. The summed E-state index contributed by atoms with van der Waals surface area (Å²) in [7, 11) is 0. The first-order valence-electron chi connectivity index (χ1n) is 6.23. The van der Waals surface area contributed by atoms with Crippen molar-refractivity contribution >= 4 is 39.5 Å². The van der Waals surface area contributed by atoms with Crippen molar-refractivity contribution in [2.75, 3.05) is 5.32 Å². The van der Waals surface area contributed by atoms with Gasteiger partial charge in [0.15, 0.2) is 0 Å². The molecule has 2 aromatic heterocycles. The minimum atomic E-state index is -0.496. The van der Waals surface area contributed by atoms with Crippen molar-refractivity contribution in [1.82, 2.24) is 0 Å². The van der Waals surface area contributed by atoms with Crippen molar-refractivity contribution < 1.29 is 9.59 Å². The summed E-state index contributed by atoms with van der Waals surface area (Å²) in [6, 6.07) is 3.67. The molecule has 4 nitrogen and oxygen atoms in total. The average Bonchev–Trinajstić information content (AvgIpc) is 2.92. The minimum Gasteiger partial charge on any atom is -0.365 e. The number of nitrogens with two attached hydrogens (primary N) is 1. The van der Waals surface area contributed by atoms with Crippen molar-refractivity contribution in [3.8, 4) is 0 Å². The molecule has 0 saturated heterocycles. The number of carbonyl (C=O) groups is 2. The molecule has 2 rings (SSSR count). The largest absolute Gasteiger partial charge is 0.365 e. The first-order valence-corrected chi connectivity index (χ1v) is 7.87. The van der Waals surface area contributed by atoms with Gasteiger partial charge in [0.1, 0.15) is 5.00 Å². The van der Waals surface area contributed by atoms with Crippen molar-refractivity contribution in [1.29, 1.82) is 0 Å². The molecule has 2 amide bonds. The van der Waals surface area contributed by atoms with Gasteiger partial charge in [-0.1, -0.05) is 6.92 Å². The molecule has 2 heterocycles. The maximum Gasteiger partial charge on any atom is 0.266 e. The van der Waals surface area contributed by atoms with Crippen LogP contribution >= 0.6 is 22.7 Å². The van der Waals surface area contributed by atoms with E-state index in [0.29, 0.717) is 21.9 Å². The zero-order valence-electron chi connectivity index (χ0n) is 11.6. The Balaban J connectivity index is 2.34. The Bertz CT molecular complexity index is 671. The number of hydrogen-bond acceptors (Lipinski definition) is 4. The number of thiophene rings is 2. The predicted octanol–water partition coefficient (Wildman–Crippen LogP) is 3.34. The number of aryl methyl sites for hydroxylation is 2. The molecule has 0 aliphatic rings. The molecule has 0 atom stereocenters. The maximum atomic E-state index is 12.2. The molecule has 0 aliphatic heterocycles. The van der Waals surface area contributed by atoms with Crippen LogP contribution in [0.3, 0.4) is 0 Å². The van der Waals surface area contributed by atoms with Crippen molar-refractivity contribution in [3.63, 3.8) is 0 Å². The molecule has 3 N–H and O–H groups in total. The number of hydrogen-bond donors (Lipinski definition) is 2. The van der Waals surface area contributed by atoms with E-state index in [4.69, 9.17) is 5.73 Å². The number of rotatable bonds is 4. The van der Waals surface area contributed by atoms with Crippen LogP contribution in [0.15, 0.2) is 12.1 Å². The fourth-order valence-corrected chi connectivity index (χ4v) is 3.98. The van der Waals surface area contributed by atoms with E-state index in [1.807, 2.05) is 26.8 Å². The third-order valence-electron chi connectivity index (χ3n) is 3.00. The molecule has 0 saturated carbocycles. The maximum absolute atomic E-state index is 12.2. The van der Waals surface area contributed by atoms with E-state index >= 15 is 0 Å². The van der Waals surface area contributed by atoms with Gasteiger partial charge in [-0.2, -0.15) is 0 Å². The van der Waals surface area contributed by atoms with E-state index in [-0.39, 0.29) is 5.91 Å². The van der Waals surface area contributed by atoms with Crippen molar-refractivity contribution in [2.45, 2.75) is 27.2 Å². The lowest BCUT2D eigenvalue weighted by molar-refractivity contribution is 0.100. The van der Waals surface area contributed by atoms with Gasteiger partial charge in [-0.05, 0) is 38.0 Å². The van der Waals surface area contributed by atoms with Gasteiger partial charge in [-0.15, -0.1) is 22.7 Å². The van der Waals surface area contributed by atoms with E-state index < -0.39 is 5.91 Å². The third kappa shape index (κ3) is 2.76. The quantitative estimate of drug-likeness (QED) is 0.909. The molecule has 0 aliphatic carbocycles. The molecule has 2 aromatic rings. The van der Waals surface area contributed by atoms with E-state index in [9.17, 15) is 9.59 Å². The van der Waals surface area contributed by atoms with Crippen LogP contribution in [0.4, 0.5) is 5.00 Å². The second-order valence-corrected chi connectivity index (χ2v) is 6.94. The van der Waals surface area contributed by atoms with E-state index in [1.54, 1.807) is 6.07 Å². The number of primary amides is 1. The van der Waals surface area contributed by atoms with Crippen LogP contribution in [0.2, 0.25) is 0 Å². The Kier molecular flexibility index (Phi) is 4.25. The third-order valence-corrected chi connectivity index (χ3v) is 5.06. The van der Waals surface area contributed by atoms with E-state index in [0.717, 1.165) is 15.3 Å². The van der Waals surface area contributed by atoms with Gasteiger partial charge in [-0.3, -0.25) is 9.59 Å². The van der Waals surface area contributed by atoms with Gasteiger partial charge in [0.2, 0.25) is 0 Å². The number of nitrogens with one attached hydrogen (secondary N) is 1. The summed E-state index contributed by atoms with van der Waals surface area (Å²) in [5.74, 6) is -0.696. The normalized spacial score (nSPS) is 10.6. The highest BCUT2D eigenvalue weighted by Gasteiger charge is 2.21. The molecule has 0 spiro atoms. The second kappa shape index (κ2) is 5.76. The average molecular weight is 308 g/mol. The Hall–Kier alpha value is -1.66. The summed E-state index contributed by atoms with van der Waals surface area (Å²) in [5.41, 5.74) is 6.80. The molecular formula is C14H16N2O2S2. The Morgan fingerprint density at radius 3 is 2.45 bits per heavy atom. The molecule has 6 heteroatoms. The van der Waals surface area contributed by atoms with Crippen LogP contribution in [0.5, 0.6) is 0 Å². The van der Waals surface area contributed by atoms with Crippen LogP contribution in [-0.2, 0) is 6.42 Å². The van der Waals surface area contributed by atoms with Gasteiger partial charge in [0.25, 0.3) is 11.8 Å². The first kappa shape index (κ1) is 14.7. The SMILES string of the molecule is CCc1c(C)sc(NC(=O)c2ccc(C)s2)c1C(N)=O. The fraction of sp³-hybridized carbons (Fsp3) is 0.286. The fourth-order valence-electron chi connectivity index (χ4n) is 2.07. The summed E-state index contributed by atoms with van der Waals surface area (Å²) >= 11 is 2.82. The van der Waals surface area contributed by atoms with Crippen LogP contribution in [-0.4, -0.2) is 11.8 Å². The summed E-state index contributed by atoms with van der Waals surface area (Å²) in [5, 5.41) is 3.35. The minimum absolute atomic E-state index is 0.200. The molecule has 0 radical (unpaired) electrons. The van der Waals surface area contributed by atoms with Gasteiger partial charge in [0, 0.05) is 9.75 Å². The monoisotopic (exact) mass is 308 g/mol. The Morgan fingerprint density at radius 1 is 1.25 bits per heavy atom. The molecule has 0 aromatic carbocycles. The molecule has 0 unspecified atom stereocenters. The van der Waals surface area contributed by atoms with Gasteiger partial charge in [-0.25, -0.2) is 0 Å². The smallest absolute Gasteiger partial charge is 0.266 e. The topological polar surface area (TPSA) is 72.2 Å². The lowest BCUT2D eigenvalue weighted by Gasteiger charge is -2.04. The van der Waals surface area contributed by atoms with Crippen LogP contribution in [0.1, 0.15) is 42.3 Å². The zero-order chi connectivity index (χ0) is 14.9. The molecular weight excluding hydrogens is 292 g/mol. The van der Waals surface area contributed by atoms with Crippen molar-refractivity contribution in [3.05, 3.63) is 37.9 Å². The predicted molar refractivity (Wildman–Crippen MR) is 84.0 cm³/mol. The summed E-state index contributed by atoms with van der Waals surface area (Å²) in [6.07, 6.45) is 0.717. The van der Waals surface area contributed by atoms with Gasteiger partial charge < -0.3 is 11.1 Å². The van der Waals surface area contributed by atoms with Crippen molar-refractivity contribution in [2.24, 2.45) is 5.73 Å². The lowest BCUT2D eigenvalue weighted by Crippen LogP contribution is -2.17. The molecule has 0 bridgehead atoms. The van der Waals surface area contributed by atoms with Crippen LogP contribution in [0, 0.1) is 13.8 Å². The number of anilines is 1. The summed E-state index contributed by atoms with van der Waals surface area (Å²) < 4.78 is 0. The van der Waals surface area contributed by atoms with Crippen LogP contribution < -0.4 is 11.1 Å². The van der Waals surface area contributed by atoms with E-state index in [2.05, 4.69) is 5.32 Å². The number of carbonyl (C=O) groups excluding carboxylic acids is 2. The first-order chi connectivity index (χ1) is 9.43. The highest BCUT2D eigenvalue weighted by molar-refractivity contribution is 7.17.